The molecule has 0 saturated heterocycles. The molecule has 1 aromatic carbocycles. The van der Waals surface area contributed by atoms with Crippen molar-refractivity contribution in [3.05, 3.63) is 29.3 Å². The summed E-state index contributed by atoms with van der Waals surface area (Å²) in [4.78, 5) is 0. The van der Waals surface area contributed by atoms with Crippen LogP contribution in [0.4, 0.5) is 5.69 Å². The van der Waals surface area contributed by atoms with E-state index in [1.807, 2.05) is 25.1 Å². The van der Waals surface area contributed by atoms with E-state index in [0.29, 0.717) is 6.54 Å². The number of nitrogen functional groups attached to an aromatic ring is 1. The third kappa shape index (κ3) is 1.69. The quantitative estimate of drug-likeness (QED) is 0.431. The molecule has 0 heterocycles. The van der Waals surface area contributed by atoms with Crippen LogP contribution in [0.1, 0.15) is 11.1 Å². The molecular weight excluding hydrogens is 138 g/mol. The van der Waals surface area contributed by atoms with Gasteiger partial charge in [0, 0.05) is 6.54 Å². The van der Waals surface area contributed by atoms with Crippen molar-refractivity contribution in [3.63, 3.8) is 0 Å². The average Bonchev–Trinajstić information content (AvgIpc) is 2.04. The van der Waals surface area contributed by atoms with Gasteiger partial charge in [0.15, 0.2) is 0 Å². The Labute approximate surface area is 66.4 Å². The van der Waals surface area contributed by atoms with E-state index < -0.39 is 0 Å². The smallest absolute Gasteiger partial charge is 0.0530 e. The maximum absolute atomic E-state index is 5.50. The molecule has 5 N–H and O–H groups in total. The standard InChI is InChI=1S/C8H13N3/c1-6-2-3-8(11-10)7(4-6)5-9/h2-4,11H,5,9-10H2,1H3. The lowest BCUT2D eigenvalue weighted by Gasteiger charge is -2.06. The Balaban J connectivity index is 3.06. The zero-order valence-corrected chi connectivity index (χ0v) is 6.59. The minimum absolute atomic E-state index is 0.515. The minimum Gasteiger partial charge on any atom is -0.326 e. The molecule has 0 fully saturated rings. The van der Waals surface area contributed by atoms with Crippen LogP contribution in [0.15, 0.2) is 18.2 Å². The molecule has 0 radical (unpaired) electrons. The van der Waals surface area contributed by atoms with Crippen LogP contribution in [0.3, 0.4) is 0 Å². The van der Waals surface area contributed by atoms with Gasteiger partial charge in [-0.3, -0.25) is 5.84 Å². The molecule has 0 aliphatic rings. The van der Waals surface area contributed by atoms with Crippen LogP contribution in [0, 0.1) is 6.92 Å². The van der Waals surface area contributed by atoms with Gasteiger partial charge < -0.3 is 11.2 Å². The predicted octanol–water partition coefficient (Wildman–Crippen LogP) is 0.739. The van der Waals surface area contributed by atoms with E-state index in [1.54, 1.807) is 0 Å². The van der Waals surface area contributed by atoms with Gasteiger partial charge in [0.2, 0.25) is 0 Å². The summed E-state index contributed by atoms with van der Waals surface area (Å²) in [6, 6.07) is 5.95. The fourth-order valence-electron chi connectivity index (χ4n) is 1.03. The van der Waals surface area contributed by atoms with E-state index in [1.165, 1.54) is 5.56 Å². The van der Waals surface area contributed by atoms with Gasteiger partial charge in [0.05, 0.1) is 5.69 Å². The van der Waals surface area contributed by atoms with Crippen molar-refractivity contribution in [1.29, 1.82) is 0 Å². The van der Waals surface area contributed by atoms with Crippen LogP contribution in [0.5, 0.6) is 0 Å². The van der Waals surface area contributed by atoms with Gasteiger partial charge in [-0.1, -0.05) is 17.7 Å². The topological polar surface area (TPSA) is 64.1 Å². The molecule has 0 unspecified atom stereocenters. The van der Waals surface area contributed by atoms with Gasteiger partial charge in [-0.25, -0.2) is 0 Å². The maximum atomic E-state index is 5.50. The van der Waals surface area contributed by atoms with E-state index in [2.05, 4.69) is 5.43 Å². The van der Waals surface area contributed by atoms with Gasteiger partial charge in [-0.15, -0.1) is 0 Å². The number of benzene rings is 1. The van der Waals surface area contributed by atoms with Crippen molar-refractivity contribution >= 4 is 5.69 Å². The number of hydrazine groups is 1. The largest absolute Gasteiger partial charge is 0.326 e. The molecule has 0 amide bonds. The summed E-state index contributed by atoms with van der Waals surface area (Å²) in [5.41, 5.74) is 11.2. The van der Waals surface area contributed by atoms with E-state index in [4.69, 9.17) is 11.6 Å². The summed E-state index contributed by atoms with van der Waals surface area (Å²) < 4.78 is 0. The molecule has 3 nitrogen and oxygen atoms in total. The molecule has 0 aliphatic heterocycles. The molecule has 0 saturated carbocycles. The number of hydrogen-bond donors (Lipinski definition) is 3. The van der Waals surface area contributed by atoms with Crippen LogP contribution < -0.4 is 17.0 Å². The number of nitrogens with two attached hydrogens (primary N) is 2. The van der Waals surface area contributed by atoms with E-state index in [9.17, 15) is 0 Å². The third-order valence-electron chi connectivity index (χ3n) is 1.64. The molecule has 11 heavy (non-hydrogen) atoms. The molecule has 1 aromatic rings. The summed E-state index contributed by atoms with van der Waals surface area (Å²) in [6.45, 7) is 2.54. The van der Waals surface area contributed by atoms with Crippen molar-refractivity contribution in [1.82, 2.24) is 0 Å². The molecule has 3 heteroatoms. The molecule has 0 aromatic heterocycles. The lowest BCUT2D eigenvalue weighted by Crippen LogP contribution is -2.11. The minimum atomic E-state index is 0.515. The second-order valence-corrected chi connectivity index (χ2v) is 2.51. The molecule has 0 bridgehead atoms. The Bertz CT molecular complexity index is 245. The Morgan fingerprint density at radius 1 is 1.45 bits per heavy atom. The van der Waals surface area contributed by atoms with Gasteiger partial charge in [0.25, 0.3) is 0 Å². The van der Waals surface area contributed by atoms with Gasteiger partial charge in [0.1, 0.15) is 0 Å². The zero-order chi connectivity index (χ0) is 8.27. The van der Waals surface area contributed by atoms with Crippen LogP contribution in [-0.2, 0) is 6.54 Å². The predicted molar refractivity (Wildman–Crippen MR) is 46.9 cm³/mol. The molecule has 0 aliphatic carbocycles. The van der Waals surface area contributed by atoms with Crippen LogP contribution >= 0.6 is 0 Å². The monoisotopic (exact) mass is 151 g/mol. The van der Waals surface area contributed by atoms with E-state index in [-0.39, 0.29) is 0 Å². The summed E-state index contributed by atoms with van der Waals surface area (Å²) in [5, 5.41) is 0. The van der Waals surface area contributed by atoms with Crippen LogP contribution in [-0.4, -0.2) is 0 Å². The van der Waals surface area contributed by atoms with Gasteiger partial charge >= 0.3 is 0 Å². The van der Waals surface area contributed by atoms with Crippen LogP contribution in [0.25, 0.3) is 0 Å². The lowest BCUT2D eigenvalue weighted by atomic mass is 10.1. The van der Waals surface area contributed by atoms with Crippen molar-refractivity contribution in [2.75, 3.05) is 5.43 Å². The summed E-state index contributed by atoms with van der Waals surface area (Å²) >= 11 is 0. The first-order valence-electron chi connectivity index (χ1n) is 3.54. The highest BCUT2D eigenvalue weighted by molar-refractivity contribution is 5.51. The molecule has 1 rings (SSSR count). The molecule has 60 valence electrons. The van der Waals surface area contributed by atoms with E-state index in [0.717, 1.165) is 11.3 Å². The first kappa shape index (κ1) is 8.04. The Morgan fingerprint density at radius 3 is 2.73 bits per heavy atom. The summed E-state index contributed by atoms with van der Waals surface area (Å²) in [5.74, 6) is 5.27. The Morgan fingerprint density at radius 2 is 2.18 bits per heavy atom. The first-order valence-corrected chi connectivity index (χ1v) is 3.54. The van der Waals surface area contributed by atoms with Crippen molar-refractivity contribution in [3.8, 4) is 0 Å². The molecule has 0 spiro atoms. The lowest BCUT2D eigenvalue weighted by molar-refractivity contribution is 1.06. The fourth-order valence-corrected chi connectivity index (χ4v) is 1.03. The number of rotatable bonds is 2. The second-order valence-electron chi connectivity index (χ2n) is 2.51. The highest BCUT2D eigenvalue weighted by Crippen LogP contribution is 2.14. The van der Waals surface area contributed by atoms with E-state index >= 15 is 0 Å². The van der Waals surface area contributed by atoms with Gasteiger partial charge in [-0.2, -0.15) is 0 Å². The normalized spacial score (nSPS) is 9.73. The Hall–Kier alpha value is -1.06. The van der Waals surface area contributed by atoms with Crippen molar-refractivity contribution in [2.24, 2.45) is 11.6 Å². The maximum Gasteiger partial charge on any atom is 0.0530 e. The second kappa shape index (κ2) is 3.37. The average molecular weight is 151 g/mol. The third-order valence-corrected chi connectivity index (χ3v) is 1.64. The Kier molecular flexibility index (Phi) is 2.46. The van der Waals surface area contributed by atoms with Crippen molar-refractivity contribution in [2.45, 2.75) is 13.5 Å². The molecule has 0 atom stereocenters. The number of anilines is 1. The summed E-state index contributed by atoms with van der Waals surface area (Å²) in [7, 11) is 0. The number of nitrogens with one attached hydrogen (secondary N) is 1. The highest BCUT2D eigenvalue weighted by Gasteiger charge is 1.97. The SMILES string of the molecule is Cc1ccc(NN)c(CN)c1. The summed E-state index contributed by atoms with van der Waals surface area (Å²) in [6.07, 6.45) is 0. The van der Waals surface area contributed by atoms with Crippen LogP contribution in [0.2, 0.25) is 0 Å². The number of aryl methyl sites for hydroxylation is 1. The highest BCUT2D eigenvalue weighted by atomic mass is 15.2. The first-order chi connectivity index (χ1) is 5.27. The number of hydrogen-bond acceptors (Lipinski definition) is 3. The van der Waals surface area contributed by atoms with Gasteiger partial charge in [-0.05, 0) is 18.6 Å². The zero-order valence-electron chi connectivity index (χ0n) is 6.59. The molecular formula is C8H13N3. The fraction of sp³-hybridized carbons (Fsp3) is 0.250. The van der Waals surface area contributed by atoms with Crippen molar-refractivity contribution < 1.29 is 0 Å².